The summed E-state index contributed by atoms with van der Waals surface area (Å²) in [5.74, 6) is 0.372. The molecule has 0 saturated carbocycles. The molecule has 6 nitrogen and oxygen atoms in total. The summed E-state index contributed by atoms with van der Waals surface area (Å²) in [6.45, 7) is 0. The van der Waals surface area contributed by atoms with Crippen molar-refractivity contribution in [1.82, 2.24) is 5.16 Å². The van der Waals surface area contributed by atoms with Crippen LogP contribution in [0.25, 0.3) is 11.3 Å². The number of benzene rings is 2. The lowest BCUT2D eigenvalue weighted by Crippen LogP contribution is -2.13. The molecule has 0 aliphatic carbocycles. The number of hydrogen-bond acceptors (Lipinski definition) is 5. The first kappa shape index (κ1) is 16.5. The Morgan fingerprint density at radius 3 is 2.56 bits per heavy atom. The topological polar surface area (TPSA) is 73.6 Å². The Balaban J connectivity index is 1.83. The number of carbonyl (C=O) groups is 1. The standard InChI is InChI=1S/C18H15FN2O4/c1-23-15-8-7-11(9-17(15)24-2)16-10-14(21-25-16)18(22)20-13-6-4-3-5-12(13)19/h3-10H,1-2H3,(H,20,22). The zero-order valence-electron chi connectivity index (χ0n) is 13.6. The van der Waals surface area contributed by atoms with Crippen LogP contribution in [0.4, 0.5) is 10.1 Å². The van der Waals surface area contributed by atoms with E-state index in [2.05, 4.69) is 10.5 Å². The van der Waals surface area contributed by atoms with E-state index < -0.39 is 11.7 Å². The number of para-hydroxylation sites is 1. The van der Waals surface area contributed by atoms with Crippen LogP contribution < -0.4 is 14.8 Å². The minimum absolute atomic E-state index is 0.0352. The Kier molecular flexibility index (Phi) is 4.65. The van der Waals surface area contributed by atoms with Gasteiger partial charge in [-0.15, -0.1) is 0 Å². The van der Waals surface area contributed by atoms with Gasteiger partial charge in [-0.05, 0) is 30.3 Å². The summed E-state index contributed by atoms with van der Waals surface area (Å²) in [4.78, 5) is 12.2. The average molecular weight is 342 g/mol. The summed E-state index contributed by atoms with van der Waals surface area (Å²) in [6.07, 6.45) is 0. The molecule has 1 aromatic heterocycles. The number of amides is 1. The minimum atomic E-state index is -0.569. The van der Waals surface area contributed by atoms with E-state index in [0.29, 0.717) is 22.8 Å². The molecule has 0 aliphatic heterocycles. The lowest BCUT2D eigenvalue weighted by Gasteiger charge is -2.07. The van der Waals surface area contributed by atoms with Crippen LogP contribution in [0.1, 0.15) is 10.5 Å². The number of halogens is 1. The molecule has 0 spiro atoms. The summed E-state index contributed by atoms with van der Waals surface area (Å²) >= 11 is 0. The predicted molar refractivity (Wildman–Crippen MR) is 89.4 cm³/mol. The molecule has 7 heteroatoms. The molecule has 25 heavy (non-hydrogen) atoms. The number of nitrogens with one attached hydrogen (secondary N) is 1. The molecule has 0 unspecified atom stereocenters. The summed E-state index contributed by atoms with van der Waals surface area (Å²) in [5.41, 5.74) is 0.770. The van der Waals surface area contributed by atoms with Crippen LogP contribution in [0.2, 0.25) is 0 Å². The van der Waals surface area contributed by atoms with Gasteiger partial charge in [-0.25, -0.2) is 4.39 Å². The van der Waals surface area contributed by atoms with Crippen LogP contribution in [-0.4, -0.2) is 25.3 Å². The summed E-state index contributed by atoms with van der Waals surface area (Å²) in [5, 5.41) is 6.19. The molecule has 1 N–H and O–H groups in total. The maximum Gasteiger partial charge on any atom is 0.277 e. The van der Waals surface area contributed by atoms with Crippen molar-refractivity contribution in [3.05, 3.63) is 60.0 Å². The van der Waals surface area contributed by atoms with Crippen LogP contribution in [0, 0.1) is 5.82 Å². The van der Waals surface area contributed by atoms with Gasteiger partial charge in [0.05, 0.1) is 19.9 Å². The highest BCUT2D eigenvalue weighted by Crippen LogP contribution is 2.32. The van der Waals surface area contributed by atoms with E-state index in [1.807, 2.05) is 0 Å². The van der Waals surface area contributed by atoms with E-state index in [1.165, 1.54) is 38.5 Å². The van der Waals surface area contributed by atoms with E-state index in [1.54, 1.807) is 24.3 Å². The maximum atomic E-state index is 13.6. The van der Waals surface area contributed by atoms with Gasteiger partial charge in [0.2, 0.25) is 0 Å². The van der Waals surface area contributed by atoms with Crippen LogP contribution in [0.3, 0.4) is 0 Å². The molecule has 0 radical (unpaired) electrons. The van der Waals surface area contributed by atoms with Crippen molar-refractivity contribution in [1.29, 1.82) is 0 Å². The highest BCUT2D eigenvalue weighted by Gasteiger charge is 2.16. The van der Waals surface area contributed by atoms with Gasteiger partial charge < -0.3 is 19.3 Å². The zero-order valence-corrected chi connectivity index (χ0v) is 13.6. The van der Waals surface area contributed by atoms with Crippen molar-refractivity contribution in [2.45, 2.75) is 0 Å². The Hall–Kier alpha value is -3.35. The Bertz CT molecular complexity index is 908. The van der Waals surface area contributed by atoms with Crippen LogP contribution in [0.5, 0.6) is 11.5 Å². The van der Waals surface area contributed by atoms with Gasteiger partial charge in [-0.1, -0.05) is 17.3 Å². The first-order valence-corrected chi connectivity index (χ1v) is 7.37. The van der Waals surface area contributed by atoms with Crippen molar-refractivity contribution in [2.24, 2.45) is 0 Å². The molecule has 0 saturated heterocycles. The largest absolute Gasteiger partial charge is 0.493 e. The number of carbonyl (C=O) groups excluding carboxylic acids is 1. The van der Waals surface area contributed by atoms with Crippen molar-refractivity contribution in [3.63, 3.8) is 0 Å². The van der Waals surface area contributed by atoms with Crippen molar-refractivity contribution in [2.75, 3.05) is 19.5 Å². The molecule has 0 fully saturated rings. The molecule has 2 aromatic carbocycles. The van der Waals surface area contributed by atoms with Crippen molar-refractivity contribution in [3.8, 4) is 22.8 Å². The molecule has 3 aromatic rings. The average Bonchev–Trinajstić information content (AvgIpc) is 3.13. The van der Waals surface area contributed by atoms with Gasteiger partial charge in [-0.2, -0.15) is 0 Å². The number of nitrogens with zero attached hydrogens (tertiary/aromatic N) is 1. The lowest BCUT2D eigenvalue weighted by molar-refractivity contribution is 0.101. The molecule has 1 heterocycles. The predicted octanol–water partition coefficient (Wildman–Crippen LogP) is 3.75. The third-order valence-electron chi connectivity index (χ3n) is 3.53. The highest BCUT2D eigenvalue weighted by molar-refractivity contribution is 6.03. The van der Waals surface area contributed by atoms with E-state index in [-0.39, 0.29) is 11.4 Å². The summed E-state index contributed by atoms with van der Waals surface area (Å²) in [6, 6.07) is 12.5. The molecule has 128 valence electrons. The zero-order chi connectivity index (χ0) is 17.8. The summed E-state index contributed by atoms with van der Waals surface area (Å²) in [7, 11) is 3.06. The first-order chi connectivity index (χ1) is 12.1. The van der Waals surface area contributed by atoms with Gasteiger partial charge in [0, 0.05) is 11.6 Å². The maximum absolute atomic E-state index is 13.6. The number of anilines is 1. The van der Waals surface area contributed by atoms with Gasteiger partial charge in [0.25, 0.3) is 5.91 Å². The lowest BCUT2D eigenvalue weighted by atomic mass is 10.1. The van der Waals surface area contributed by atoms with E-state index in [4.69, 9.17) is 14.0 Å². The first-order valence-electron chi connectivity index (χ1n) is 7.37. The number of rotatable bonds is 5. The van der Waals surface area contributed by atoms with Crippen LogP contribution in [0.15, 0.2) is 53.1 Å². The fraction of sp³-hybridized carbons (Fsp3) is 0.111. The Morgan fingerprint density at radius 1 is 1.08 bits per heavy atom. The Labute approximate surface area is 143 Å². The normalized spacial score (nSPS) is 10.4. The highest BCUT2D eigenvalue weighted by atomic mass is 19.1. The van der Waals surface area contributed by atoms with Gasteiger partial charge >= 0.3 is 0 Å². The monoisotopic (exact) mass is 342 g/mol. The minimum Gasteiger partial charge on any atom is -0.493 e. The van der Waals surface area contributed by atoms with Crippen molar-refractivity contribution >= 4 is 11.6 Å². The number of methoxy groups -OCH3 is 2. The molecule has 3 rings (SSSR count). The molecule has 0 aliphatic rings. The quantitative estimate of drug-likeness (QED) is 0.764. The fourth-order valence-corrected chi connectivity index (χ4v) is 2.26. The van der Waals surface area contributed by atoms with Gasteiger partial charge in [-0.3, -0.25) is 4.79 Å². The SMILES string of the molecule is COc1ccc(-c2cc(C(=O)Nc3ccccc3F)no2)cc1OC. The summed E-state index contributed by atoms with van der Waals surface area (Å²) < 4.78 is 29.2. The second kappa shape index (κ2) is 7.04. The van der Waals surface area contributed by atoms with Gasteiger partial charge in [0.15, 0.2) is 23.0 Å². The van der Waals surface area contributed by atoms with Gasteiger partial charge in [0.1, 0.15) is 5.82 Å². The molecule has 1 amide bonds. The molecule has 0 atom stereocenters. The van der Waals surface area contributed by atoms with Crippen LogP contribution >= 0.6 is 0 Å². The second-order valence-corrected chi connectivity index (χ2v) is 5.08. The third-order valence-corrected chi connectivity index (χ3v) is 3.53. The fourth-order valence-electron chi connectivity index (χ4n) is 2.26. The van der Waals surface area contributed by atoms with E-state index in [0.717, 1.165) is 0 Å². The van der Waals surface area contributed by atoms with Crippen molar-refractivity contribution < 1.29 is 23.2 Å². The molecule has 0 bridgehead atoms. The van der Waals surface area contributed by atoms with Crippen LogP contribution in [-0.2, 0) is 0 Å². The van der Waals surface area contributed by atoms with E-state index >= 15 is 0 Å². The smallest absolute Gasteiger partial charge is 0.277 e. The Morgan fingerprint density at radius 2 is 1.84 bits per heavy atom. The van der Waals surface area contributed by atoms with E-state index in [9.17, 15) is 9.18 Å². The number of hydrogen-bond donors (Lipinski definition) is 1. The second-order valence-electron chi connectivity index (χ2n) is 5.08. The number of ether oxygens (including phenoxy) is 2. The number of aromatic nitrogens is 1. The third kappa shape index (κ3) is 3.45. The molecular formula is C18H15FN2O4. The molecular weight excluding hydrogens is 327 g/mol.